The van der Waals surface area contributed by atoms with Crippen molar-refractivity contribution in [3.8, 4) is 5.69 Å². The molecule has 1 aliphatic heterocycles. The van der Waals surface area contributed by atoms with E-state index in [0.29, 0.717) is 18.8 Å². The molecule has 1 aromatic heterocycles. The summed E-state index contributed by atoms with van der Waals surface area (Å²) in [4.78, 5) is 26.2. The number of carboxylic acid groups (broad SMARTS) is 1. The first kappa shape index (κ1) is 16.1. The number of aliphatic carboxylic acids is 1. The summed E-state index contributed by atoms with van der Waals surface area (Å²) in [5, 5.41) is 17.1. The Morgan fingerprint density at radius 2 is 2.08 bits per heavy atom. The van der Waals surface area contributed by atoms with Gasteiger partial charge in [0.25, 0.3) is 5.91 Å². The molecule has 8 nitrogen and oxygen atoms in total. The molecule has 0 spiro atoms. The number of carboxylic acids is 1. The number of carbonyl (C=O) groups excluding carboxylic acids is 1. The van der Waals surface area contributed by atoms with Crippen LogP contribution < -0.4 is 0 Å². The summed E-state index contributed by atoms with van der Waals surface area (Å²) in [6, 6.07) is 4.98. The molecule has 0 bridgehead atoms. The molecule has 1 fully saturated rings. The van der Waals surface area contributed by atoms with Gasteiger partial charge < -0.3 is 14.7 Å². The van der Waals surface area contributed by atoms with E-state index in [-0.39, 0.29) is 24.5 Å². The van der Waals surface area contributed by atoms with Gasteiger partial charge in [-0.05, 0) is 24.3 Å². The molecule has 1 aliphatic rings. The fourth-order valence-corrected chi connectivity index (χ4v) is 2.50. The fraction of sp³-hybridized carbons (Fsp3) is 0.333. The Balaban J connectivity index is 1.79. The number of benzene rings is 1. The number of carbonyl (C=O) groups is 2. The van der Waals surface area contributed by atoms with Crippen LogP contribution in [0.5, 0.6) is 0 Å². The van der Waals surface area contributed by atoms with Gasteiger partial charge in [-0.15, -0.1) is 5.10 Å². The molecule has 126 valence electrons. The highest BCUT2D eigenvalue weighted by Crippen LogP contribution is 2.15. The second kappa shape index (κ2) is 6.75. The lowest BCUT2D eigenvalue weighted by Crippen LogP contribution is -2.49. The first-order chi connectivity index (χ1) is 11.5. The summed E-state index contributed by atoms with van der Waals surface area (Å²) >= 11 is 0. The van der Waals surface area contributed by atoms with Crippen molar-refractivity contribution >= 4 is 11.9 Å². The van der Waals surface area contributed by atoms with Crippen LogP contribution >= 0.6 is 0 Å². The summed E-state index contributed by atoms with van der Waals surface area (Å²) in [5.74, 6) is -1.79. The highest BCUT2D eigenvalue weighted by molar-refractivity contribution is 5.92. The summed E-state index contributed by atoms with van der Waals surface area (Å²) < 4.78 is 18.2. The van der Waals surface area contributed by atoms with Crippen molar-refractivity contribution in [2.45, 2.75) is 12.5 Å². The van der Waals surface area contributed by atoms with Crippen LogP contribution in [0.25, 0.3) is 5.69 Å². The average molecular weight is 334 g/mol. The van der Waals surface area contributed by atoms with Crippen LogP contribution in [0.1, 0.15) is 16.9 Å². The van der Waals surface area contributed by atoms with Gasteiger partial charge in [0.2, 0.25) is 0 Å². The van der Waals surface area contributed by atoms with Gasteiger partial charge in [-0.25, -0.2) is 4.39 Å². The molecule has 9 heteroatoms. The van der Waals surface area contributed by atoms with Crippen LogP contribution in [0.4, 0.5) is 4.39 Å². The summed E-state index contributed by atoms with van der Waals surface area (Å²) in [6.45, 7) is 0.804. The molecule has 0 unspecified atom stereocenters. The normalized spacial score (nSPS) is 17.7. The number of morpholine rings is 1. The minimum absolute atomic E-state index is 0.0941. The van der Waals surface area contributed by atoms with E-state index in [9.17, 15) is 14.0 Å². The van der Waals surface area contributed by atoms with Crippen molar-refractivity contribution in [1.29, 1.82) is 0 Å². The third-order valence-electron chi connectivity index (χ3n) is 3.67. The molecular weight excluding hydrogens is 319 g/mol. The van der Waals surface area contributed by atoms with Crippen LogP contribution in [0.3, 0.4) is 0 Å². The summed E-state index contributed by atoms with van der Waals surface area (Å²) in [5.41, 5.74) is 0.608. The van der Waals surface area contributed by atoms with Crippen molar-refractivity contribution in [2.24, 2.45) is 0 Å². The van der Waals surface area contributed by atoms with E-state index in [4.69, 9.17) is 9.84 Å². The topological polar surface area (TPSA) is 97.5 Å². The van der Waals surface area contributed by atoms with Crippen molar-refractivity contribution in [3.05, 3.63) is 42.0 Å². The number of aromatic nitrogens is 3. The molecule has 1 N–H and O–H groups in total. The van der Waals surface area contributed by atoms with E-state index in [2.05, 4.69) is 10.2 Å². The number of amides is 1. The molecule has 2 aromatic rings. The average Bonchev–Trinajstić information content (AvgIpc) is 3.05. The highest BCUT2D eigenvalue weighted by Gasteiger charge is 2.31. The number of rotatable bonds is 4. The second-order valence-corrected chi connectivity index (χ2v) is 5.32. The molecule has 0 aliphatic carbocycles. The van der Waals surface area contributed by atoms with Crippen LogP contribution in [0.15, 0.2) is 30.5 Å². The first-order valence-corrected chi connectivity index (χ1v) is 7.33. The zero-order chi connectivity index (χ0) is 17.1. The fourth-order valence-electron chi connectivity index (χ4n) is 2.50. The summed E-state index contributed by atoms with van der Waals surface area (Å²) in [6.07, 6.45) is 1.11. The summed E-state index contributed by atoms with van der Waals surface area (Å²) in [7, 11) is 0. The van der Waals surface area contributed by atoms with Crippen molar-refractivity contribution in [1.82, 2.24) is 19.9 Å². The maximum absolute atomic E-state index is 13.0. The van der Waals surface area contributed by atoms with Gasteiger partial charge in [0.05, 0.1) is 37.6 Å². The molecule has 0 radical (unpaired) electrons. The van der Waals surface area contributed by atoms with E-state index in [1.54, 1.807) is 0 Å². The number of hydrogen-bond acceptors (Lipinski definition) is 5. The largest absolute Gasteiger partial charge is 0.481 e. The van der Waals surface area contributed by atoms with E-state index in [0.717, 1.165) is 0 Å². The number of nitrogens with zero attached hydrogens (tertiary/aromatic N) is 4. The number of hydrogen-bond donors (Lipinski definition) is 1. The molecule has 0 saturated carbocycles. The third kappa shape index (κ3) is 3.40. The van der Waals surface area contributed by atoms with Crippen LogP contribution in [0, 0.1) is 5.82 Å². The van der Waals surface area contributed by atoms with Crippen molar-refractivity contribution < 1.29 is 23.8 Å². The van der Waals surface area contributed by atoms with Crippen molar-refractivity contribution in [3.63, 3.8) is 0 Å². The maximum atomic E-state index is 13.0. The quantitative estimate of drug-likeness (QED) is 0.885. The lowest BCUT2D eigenvalue weighted by Gasteiger charge is -2.34. The molecule has 1 saturated heterocycles. The Morgan fingerprint density at radius 1 is 1.33 bits per heavy atom. The molecule has 3 rings (SSSR count). The molecule has 24 heavy (non-hydrogen) atoms. The van der Waals surface area contributed by atoms with Gasteiger partial charge in [0, 0.05) is 6.54 Å². The van der Waals surface area contributed by atoms with Gasteiger partial charge in [0.1, 0.15) is 5.82 Å². The van der Waals surface area contributed by atoms with Gasteiger partial charge in [-0.1, -0.05) is 0 Å². The van der Waals surface area contributed by atoms with Crippen LogP contribution in [-0.2, 0) is 9.53 Å². The third-order valence-corrected chi connectivity index (χ3v) is 3.67. The zero-order valence-electron chi connectivity index (χ0n) is 12.6. The Labute approximate surface area is 136 Å². The monoisotopic (exact) mass is 334 g/mol. The molecule has 1 amide bonds. The van der Waals surface area contributed by atoms with E-state index in [1.165, 1.54) is 40.2 Å². The standard InChI is InChI=1S/C15H15FN4O4/c16-10-1-3-11(4-2-10)20-17-8-13(18-20)15(23)19-5-6-24-9-12(19)7-14(21)22/h1-4,8,12H,5-7,9H2,(H,21,22)/t12-/m1/s1. The zero-order valence-corrected chi connectivity index (χ0v) is 12.6. The van der Waals surface area contributed by atoms with Crippen LogP contribution in [-0.4, -0.2) is 62.7 Å². The van der Waals surface area contributed by atoms with E-state index in [1.807, 2.05) is 0 Å². The van der Waals surface area contributed by atoms with Crippen molar-refractivity contribution in [2.75, 3.05) is 19.8 Å². The Bertz CT molecular complexity index is 746. The van der Waals surface area contributed by atoms with Gasteiger partial charge in [-0.3, -0.25) is 9.59 Å². The lowest BCUT2D eigenvalue weighted by atomic mass is 10.1. The Morgan fingerprint density at radius 3 is 2.79 bits per heavy atom. The lowest BCUT2D eigenvalue weighted by molar-refractivity contribution is -0.139. The Kier molecular flexibility index (Phi) is 4.52. The molecular formula is C15H15FN4O4. The van der Waals surface area contributed by atoms with Gasteiger partial charge in [-0.2, -0.15) is 9.90 Å². The predicted molar refractivity (Wildman–Crippen MR) is 79.2 cm³/mol. The minimum Gasteiger partial charge on any atom is -0.481 e. The van der Waals surface area contributed by atoms with Gasteiger partial charge >= 0.3 is 5.97 Å². The Hall–Kier alpha value is -2.81. The van der Waals surface area contributed by atoms with E-state index < -0.39 is 17.9 Å². The smallest absolute Gasteiger partial charge is 0.305 e. The SMILES string of the molecule is O=C(O)C[C@@H]1COCCN1C(=O)c1cnn(-c2ccc(F)cc2)n1. The molecule has 1 atom stereocenters. The first-order valence-electron chi connectivity index (χ1n) is 7.33. The van der Waals surface area contributed by atoms with Gasteiger partial charge in [0.15, 0.2) is 5.69 Å². The minimum atomic E-state index is -1.00. The van der Waals surface area contributed by atoms with E-state index >= 15 is 0 Å². The highest BCUT2D eigenvalue weighted by atomic mass is 19.1. The number of halogens is 1. The predicted octanol–water partition coefficient (Wildman–Crippen LogP) is 0.722. The molecule has 2 heterocycles. The second-order valence-electron chi connectivity index (χ2n) is 5.32. The maximum Gasteiger partial charge on any atom is 0.305 e. The molecule has 1 aromatic carbocycles. The number of ether oxygens (including phenoxy) is 1. The van der Waals surface area contributed by atoms with Crippen LogP contribution in [0.2, 0.25) is 0 Å².